The van der Waals surface area contributed by atoms with E-state index in [0.29, 0.717) is 17.2 Å². The standard InChI is InChI=1S/C18H21N5OS/c1-4-7-16-21-22-18(25-16)20-17(24)15-10-12(2)23(13(15)3)11-14-8-5-6-9-19-14/h5-6,8-10H,4,7,11H2,1-3H3,(H,20,22,24). The highest BCUT2D eigenvalue weighted by Gasteiger charge is 2.17. The number of pyridine rings is 1. The zero-order chi connectivity index (χ0) is 17.8. The lowest BCUT2D eigenvalue weighted by atomic mass is 10.2. The van der Waals surface area contributed by atoms with Crippen molar-refractivity contribution in [3.63, 3.8) is 0 Å². The van der Waals surface area contributed by atoms with Crippen LogP contribution in [0.5, 0.6) is 0 Å². The van der Waals surface area contributed by atoms with Crippen molar-refractivity contribution in [1.29, 1.82) is 0 Å². The molecule has 1 N–H and O–H groups in total. The largest absolute Gasteiger partial charge is 0.342 e. The average molecular weight is 355 g/mol. The number of anilines is 1. The van der Waals surface area contributed by atoms with Gasteiger partial charge in [-0.2, -0.15) is 0 Å². The van der Waals surface area contributed by atoms with Gasteiger partial charge in [-0.1, -0.05) is 24.3 Å². The monoisotopic (exact) mass is 355 g/mol. The van der Waals surface area contributed by atoms with E-state index in [9.17, 15) is 4.79 Å². The number of aryl methyl sites for hydroxylation is 2. The van der Waals surface area contributed by atoms with Crippen LogP contribution >= 0.6 is 11.3 Å². The lowest BCUT2D eigenvalue weighted by Crippen LogP contribution is -2.13. The zero-order valence-electron chi connectivity index (χ0n) is 14.6. The summed E-state index contributed by atoms with van der Waals surface area (Å²) in [6.45, 7) is 6.69. The van der Waals surface area contributed by atoms with Gasteiger partial charge in [-0.05, 0) is 38.5 Å². The molecule has 0 atom stereocenters. The summed E-state index contributed by atoms with van der Waals surface area (Å²) in [7, 11) is 0. The number of hydrogen-bond donors (Lipinski definition) is 1. The molecule has 0 saturated heterocycles. The van der Waals surface area contributed by atoms with Gasteiger partial charge in [0.05, 0.1) is 17.8 Å². The van der Waals surface area contributed by atoms with Crippen LogP contribution in [0.3, 0.4) is 0 Å². The molecule has 130 valence electrons. The van der Waals surface area contributed by atoms with Crippen LogP contribution in [-0.2, 0) is 13.0 Å². The molecular formula is C18H21N5OS. The Morgan fingerprint density at radius 1 is 1.28 bits per heavy atom. The van der Waals surface area contributed by atoms with Crippen molar-refractivity contribution in [2.75, 3.05) is 5.32 Å². The van der Waals surface area contributed by atoms with Crippen LogP contribution < -0.4 is 5.32 Å². The van der Waals surface area contributed by atoms with E-state index < -0.39 is 0 Å². The van der Waals surface area contributed by atoms with E-state index in [1.165, 1.54) is 11.3 Å². The van der Waals surface area contributed by atoms with Crippen molar-refractivity contribution in [3.8, 4) is 0 Å². The van der Waals surface area contributed by atoms with E-state index in [1.807, 2.05) is 38.1 Å². The minimum Gasteiger partial charge on any atom is -0.342 e. The van der Waals surface area contributed by atoms with Gasteiger partial charge in [-0.15, -0.1) is 10.2 Å². The molecule has 1 amide bonds. The van der Waals surface area contributed by atoms with Crippen LogP contribution in [0.25, 0.3) is 0 Å². The molecule has 0 aliphatic carbocycles. The summed E-state index contributed by atoms with van der Waals surface area (Å²) in [6, 6.07) is 7.75. The molecule has 3 aromatic heterocycles. The fraction of sp³-hybridized carbons (Fsp3) is 0.333. The third kappa shape index (κ3) is 3.93. The molecule has 7 heteroatoms. The first kappa shape index (κ1) is 17.3. The van der Waals surface area contributed by atoms with E-state index in [-0.39, 0.29) is 5.91 Å². The van der Waals surface area contributed by atoms with Crippen molar-refractivity contribution in [2.45, 2.75) is 40.2 Å². The molecule has 0 bridgehead atoms. The van der Waals surface area contributed by atoms with Crippen LogP contribution in [0.4, 0.5) is 5.13 Å². The lowest BCUT2D eigenvalue weighted by Gasteiger charge is -2.09. The number of rotatable bonds is 6. The van der Waals surface area contributed by atoms with E-state index in [2.05, 4.69) is 32.0 Å². The first-order chi connectivity index (χ1) is 12.1. The first-order valence-electron chi connectivity index (χ1n) is 8.29. The van der Waals surface area contributed by atoms with Gasteiger partial charge in [-0.3, -0.25) is 15.1 Å². The molecule has 0 fully saturated rings. The maximum absolute atomic E-state index is 12.6. The molecule has 3 aromatic rings. The molecule has 6 nitrogen and oxygen atoms in total. The number of amides is 1. The second-order valence-electron chi connectivity index (χ2n) is 5.90. The maximum atomic E-state index is 12.6. The Kier molecular flexibility index (Phi) is 5.23. The van der Waals surface area contributed by atoms with Gasteiger partial charge in [-0.25, -0.2) is 0 Å². The van der Waals surface area contributed by atoms with Crippen LogP contribution in [0.1, 0.15) is 45.8 Å². The highest BCUT2D eigenvalue weighted by Crippen LogP contribution is 2.21. The smallest absolute Gasteiger partial charge is 0.259 e. The third-order valence-electron chi connectivity index (χ3n) is 4.02. The maximum Gasteiger partial charge on any atom is 0.259 e. The fourth-order valence-corrected chi connectivity index (χ4v) is 3.55. The second kappa shape index (κ2) is 7.57. The summed E-state index contributed by atoms with van der Waals surface area (Å²) < 4.78 is 2.10. The molecule has 0 aliphatic heterocycles. The summed E-state index contributed by atoms with van der Waals surface area (Å²) in [5, 5.41) is 12.5. The molecular weight excluding hydrogens is 334 g/mol. The predicted molar refractivity (Wildman–Crippen MR) is 99.1 cm³/mol. The number of hydrogen-bond acceptors (Lipinski definition) is 5. The van der Waals surface area contributed by atoms with Crippen molar-refractivity contribution in [1.82, 2.24) is 19.7 Å². The minimum atomic E-state index is -0.153. The number of aromatic nitrogens is 4. The SMILES string of the molecule is CCCc1nnc(NC(=O)c2cc(C)n(Cc3ccccn3)c2C)s1. The molecule has 3 rings (SSSR count). The molecule has 3 heterocycles. The first-order valence-corrected chi connectivity index (χ1v) is 9.10. The van der Waals surface area contributed by atoms with Crippen LogP contribution in [-0.4, -0.2) is 25.7 Å². The molecule has 0 aliphatic rings. The summed E-state index contributed by atoms with van der Waals surface area (Å²) in [5.74, 6) is -0.153. The van der Waals surface area contributed by atoms with Gasteiger partial charge in [0.1, 0.15) is 5.01 Å². The number of nitrogens with zero attached hydrogens (tertiary/aromatic N) is 4. The van der Waals surface area contributed by atoms with Crippen molar-refractivity contribution in [3.05, 3.63) is 58.1 Å². The predicted octanol–water partition coefficient (Wildman–Crippen LogP) is 3.60. The quantitative estimate of drug-likeness (QED) is 0.733. The van der Waals surface area contributed by atoms with Gasteiger partial charge in [0, 0.05) is 24.0 Å². The molecule has 25 heavy (non-hydrogen) atoms. The fourth-order valence-electron chi connectivity index (χ4n) is 2.71. The Bertz CT molecular complexity index is 869. The van der Waals surface area contributed by atoms with E-state index in [1.54, 1.807) is 6.20 Å². The van der Waals surface area contributed by atoms with Crippen LogP contribution in [0.15, 0.2) is 30.5 Å². The average Bonchev–Trinajstić information content (AvgIpc) is 3.15. The molecule has 0 spiro atoms. The summed E-state index contributed by atoms with van der Waals surface area (Å²) in [6.07, 6.45) is 3.67. The summed E-state index contributed by atoms with van der Waals surface area (Å²) in [4.78, 5) is 17.0. The van der Waals surface area contributed by atoms with Gasteiger partial charge < -0.3 is 4.57 Å². The van der Waals surface area contributed by atoms with Gasteiger partial charge in [0.15, 0.2) is 0 Å². The van der Waals surface area contributed by atoms with Crippen molar-refractivity contribution < 1.29 is 4.79 Å². The van der Waals surface area contributed by atoms with E-state index in [0.717, 1.165) is 34.9 Å². The normalized spacial score (nSPS) is 10.8. The molecule has 0 saturated carbocycles. The Labute approximate surface area is 150 Å². The zero-order valence-corrected chi connectivity index (χ0v) is 15.4. The third-order valence-corrected chi connectivity index (χ3v) is 4.91. The van der Waals surface area contributed by atoms with Crippen LogP contribution in [0, 0.1) is 13.8 Å². The van der Waals surface area contributed by atoms with Crippen molar-refractivity contribution >= 4 is 22.4 Å². The minimum absolute atomic E-state index is 0.153. The number of carbonyl (C=O) groups is 1. The Morgan fingerprint density at radius 3 is 2.84 bits per heavy atom. The van der Waals surface area contributed by atoms with E-state index >= 15 is 0 Å². The summed E-state index contributed by atoms with van der Waals surface area (Å²) in [5.41, 5.74) is 3.56. The van der Waals surface area contributed by atoms with Gasteiger partial charge in [0.2, 0.25) is 5.13 Å². The Balaban J connectivity index is 1.77. The van der Waals surface area contributed by atoms with Gasteiger partial charge >= 0.3 is 0 Å². The summed E-state index contributed by atoms with van der Waals surface area (Å²) >= 11 is 1.43. The highest BCUT2D eigenvalue weighted by atomic mass is 32.1. The molecule has 0 unspecified atom stereocenters. The molecule has 0 radical (unpaired) electrons. The van der Waals surface area contributed by atoms with Gasteiger partial charge in [0.25, 0.3) is 5.91 Å². The van der Waals surface area contributed by atoms with Crippen LogP contribution in [0.2, 0.25) is 0 Å². The topological polar surface area (TPSA) is 72.7 Å². The van der Waals surface area contributed by atoms with E-state index in [4.69, 9.17) is 0 Å². The Morgan fingerprint density at radius 2 is 2.12 bits per heavy atom. The highest BCUT2D eigenvalue weighted by molar-refractivity contribution is 7.15. The second-order valence-corrected chi connectivity index (χ2v) is 6.96. The number of carbonyl (C=O) groups excluding carboxylic acids is 1. The lowest BCUT2D eigenvalue weighted by molar-refractivity contribution is 0.102. The number of nitrogens with one attached hydrogen (secondary N) is 1. The molecule has 0 aromatic carbocycles. The van der Waals surface area contributed by atoms with Crippen molar-refractivity contribution in [2.24, 2.45) is 0 Å². The Hall–Kier alpha value is -2.54.